The van der Waals surface area contributed by atoms with Gasteiger partial charge in [0.15, 0.2) is 5.69 Å². The average molecular weight is 373 g/mol. The van der Waals surface area contributed by atoms with Crippen LogP contribution in [0.2, 0.25) is 5.02 Å². The van der Waals surface area contributed by atoms with Crippen LogP contribution in [-0.2, 0) is 12.7 Å². The van der Waals surface area contributed by atoms with Crippen molar-refractivity contribution in [2.24, 2.45) is 5.92 Å². The van der Waals surface area contributed by atoms with Crippen molar-refractivity contribution >= 4 is 17.3 Å². The smallest absolute Gasteiger partial charge is 0.370 e. The summed E-state index contributed by atoms with van der Waals surface area (Å²) in [5.41, 5.74) is -0.915. The maximum absolute atomic E-state index is 12.6. The second-order valence-corrected chi connectivity index (χ2v) is 6.43. The van der Waals surface area contributed by atoms with Gasteiger partial charge in [-0.05, 0) is 24.8 Å². The van der Waals surface area contributed by atoms with E-state index in [-0.39, 0.29) is 5.92 Å². The van der Waals surface area contributed by atoms with Crippen LogP contribution in [0, 0.1) is 5.92 Å². The first-order valence-electron chi connectivity index (χ1n) is 7.83. The van der Waals surface area contributed by atoms with E-state index < -0.39 is 17.4 Å². The summed E-state index contributed by atoms with van der Waals surface area (Å²) in [6, 6.07) is 2.40. The van der Waals surface area contributed by atoms with E-state index in [2.05, 4.69) is 14.9 Å². The molecule has 1 aliphatic rings. The Balaban J connectivity index is 1.63. The quantitative estimate of drug-likeness (QED) is 0.830. The van der Waals surface area contributed by atoms with Crippen molar-refractivity contribution < 1.29 is 13.2 Å². The summed E-state index contributed by atoms with van der Waals surface area (Å²) in [6.45, 7) is 1.89. The number of hydrogen-bond acceptors (Lipinski definition) is 4. The minimum absolute atomic E-state index is 0.202. The van der Waals surface area contributed by atoms with Gasteiger partial charge in [0.1, 0.15) is 0 Å². The van der Waals surface area contributed by atoms with E-state index >= 15 is 0 Å². The number of alkyl halides is 3. The van der Waals surface area contributed by atoms with E-state index in [1.807, 2.05) is 6.07 Å². The molecule has 0 spiro atoms. The van der Waals surface area contributed by atoms with E-state index in [1.54, 1.807) is 12.4 Å². The third-order valence-electron chi connectivity index (χ3n) is 4.33. The Bertz CT molecular complexity index is 800. The van der Waals surface area contributed by atoms with Gasteiger partial charge in [-0.2, -0.15) is 13.2 Å². The van der Waals surface area contributed by atoms with Crippen molar-refractivity contribution in [3.63, 3.8) is 0 Å². The number of aromatic nitrogens is 3. The van der Waals surface area contributed by atoms with Crippen molar-refractivity contribution in [3.8, 4) is 0 Å². The average Bonchev–Trinajstić information content (AvgIpc) is 2.57. The lowest BCUT2D eigenvalue weighted by molar-refractivity contribution is -0.141. The molecule has 5 nitrogen and oxygen atoms in total. The van der Waals surface area contributed by atoms with E-state index in [4.69, 9.17) is 11.6 Å². The van der Waals surface area contributed by atoms with Crippen LogP contribution in [0.1, 0.15) is 18.5 Å². The summed E-state index contributed by atoms with van der Waals surface area (Å²) in [5.74, 6) is 0.202. The van der Waals surface area contributed by atoms with Crippen molar-refractivity contribution in [2.45, 2.75) is 25.6 Å². The normalized spacial score (nSPS) is 16.2. The fourth-order valence-electron chi connectivity index (χ4n) is 2.98. The van der Waals surface area contributed by atoms with Crippen LogP contribution in [-0.4, -0.2) is 27.6 Å². The van der Waals surface area contributed by atoms with Crippen LogP contribution in [0.15, 0.2) is 35.6 Å². The van der Waals surface area contributed by atoms with Gasteiger partial charge >= 0.3 is 6.18 Å². The van der Waals surface area contributed by atoms with Crippen LogP contribution in [0.5, 0.6) is 0 Å². The first-order chi connectivity index (χ1) is 11.8. The highest BCUT2D eigenvalue weighted by Gasteiger charge is 2.33. The number of piperidine rings is 1. The number of anilines is 1. The molecule has 2 aromatic heterocycles. The van der Waals surface area contributed by atoms with Gasteiger partial charge in [0.2, 0.25) is 0 Å². The first-order valence-corrected chi connectivity index (χ1v) is 8.20. The van der Waals surface area contributed by atoms with Crippen molar-refractivity contribution in [1.29, 1.82) is 0 Å². The van der Waals surface area contributed by atoms with E-state index in [0.29, 0.717) is 17.6 Å². The highest BCUT2D eigenvalue weighted by atomic mass is 35.5. The lowest BCUT2D eigenvalue weighted by atomic mass is 9.96. The zero-order chi connectivity index (χ0) is 18.0. The Morgan fingerprint density at radius 2 is 2.00 bits per heavy atom. The second kappa shape index (κ2) is 7.03. The summed E-state index contributed by atoms with van der Waals surface area (Å²) in [4.78, 5) is 21.3. The molecule has 0 atom stereocenters. The Hall–Kier alpha value is -2.09. The lowest BCUT2D eigenvalue weighted by Crippen LogP contribution is -2.36. The van der Waals surface area contributed by atoms with Gasteiger partial charge in [-0.3, -0.25) is 14.3 Å². The molecule has 3 heterocycles. The van der Waals surface area contributed by atoms with Gasteiger partial charge in [0, 0.05) is 38.1 Å². The molecule has 0 radical (unpaired) electrons. The molecule has 1 fully saturated rings. The Morgan fingerprint density at radius 3 is 2.60 bits per heavy atom. The lowest BCUT2D eigenvalue weighted by Gasteiger charge is -2.34. The number of pyridine rings is 1. The van der Waals surface area contributed by atoms with Gasteiger partial charge in [-0.15, -0.1) is 0 Å². The Kier molecular flexibility index (Phi) is 4.99. The van der Waals surface area contributed by atoms with Gasteiger partial charge in [0.05, 0.1) is 17.0 Å². The fourth-order valence-corrected chi connectivity index (χ4v) is 3.22. The topological polar surface area (TPSA) is 51.0 Å². The third kappa shape index (κ3) is 4.12. The molecule has 1 saturated heterocycles. The Morgan fingerprint density at radius 1 is 1.28 bits per heavy atom. The molecule has 134 valence electrons. The van der Waals surface area contributed by atoms with Crippen LogP contribution >= 0.6 is 11.6 Å². The molecule has 1 aliphatic heterocycles. The predicted molar refractivity (Wildman–Crippen MR) is 87.7 cm³/mol. The highest BCUT2D eigenvalue weighted by Crippen LogP contribution is 2.29. The predicted octanol–water partition coefficient (Wildman–Crippen LogP) is 3.23. The maximum Gasteiger partial charge on any atom is 0.433 e. The summed E-state index contributed by atoms with van der Waals surface area (Å²) in [7, 11) is 0. The molecule has 25 heavy (non-hydrogen) atoms. The fraction of sp³-hybridized carbons (Fsp3) is 0.438. The van der Waals surface area contributed by atoms with Gasteiger partial charge in [0.25, 0.3) is 5.56 Å². The number of rotatable bonds is 3. The minimum Gasteiger partial charge on any atom is -0.370 e. The zero-order valence-corrected chi connectivity index (χ0v) is 14.0. The van der Waals surface area contributed by atoms with Gasteiger partial charge in [-0.1, -0.05) is 11.6 Å². The zero-order valence-electron chi connectivity index (χ0n) is 13.2. The summed E-state index contributed by atoms with van der Waals surface area (Å²) in [6.07, 6.45) is 1.28. The number of hydrogen-bond donors (Lipinski definition) is 0. The number of nitrogens with zero attached hydrogens (tertiary/aromatic N) is 4. The van der Waals surface area contributed by atoms with E-state index in [9.17, 15) is 18.0 Å². The largest absolute Gasteiger partial charge is 0.433 e. The van der Waals surface area contributed by atoms with Crippen LogP contribution in [0.4, 0.5) is 18.9 Å². The molecule has 0 unspecified atom stereocenters. The van der Waals surface area contributed by atoms with Crippen molar-refractivity contribution in [3.05, 3.63) is 51.9 Å². The van der Waals surface area contributed by atoms with Crippen LogP contribution in [0.25, 0.3) is 0 Å². The summed E-state index contributed by atoms with van der Waals surface area (Å²) in [5, 5.41) is 0.587. The molecule has 9 heteroatoms. The number of halogens is 4. The molecule has 0 amide bonds. The van der Waals surface area contributed by atoms with Crippen molar-refractivity contribution in [2.75, 3.05) is 18.0 Å². The van der Waals surface area contributed by atoms with Crippen molar-refractivity contribution in [1.82, 2.24) is 14.5 Å². The van der Waals surface area contributed by atoms with Crippen LogP contribution < -0.4 is 10.5 Å². The monoisotopic (exact) mass is 372 g/mol. The molecule has 2 aromatic rings. The molecular formula is C16H16ClF3N4O. The summed E-state index contributed by atoms with van der Waals surface area (Å²) < 4.78 is 38.9. The van der Waals surface area contributed by atoms with E-state index in [0.717, 1.165) is 37.9 Å². The third-order valence-corrected chi connectivity index (χ3v) is 4.62. The summed E-state index contributed by atoms with van der Waals surface area (Å²) >= 11 is 6.15. The standard InChI is InChI=1S/C16H16ClF3N4O/c17-12-8-21-4-1-13(12)23-5-2-11(3-6-23)9-24-10-22-14(7-15(24)25)16(18,19)20/h1,4,7-8,10-11H,2-3,5-6,9H2. The van der Waals surface area contributed by atoms with E-state index in [1.165, 1.54) is 4.57 Å². The molecule has 0 N–H and O–H groups in total. The Labute approximate surface area is 147 Å². The van der Waals surface area contributed by atoms with Gasteiger partial charge < -0.3 is 4.90 Å². The molecular weight excluding hydrogens is 357 g/mol. The SMILES string of the molecule is O=c1cc(C(F)(F)F)ncn1CC1CCN(c2ccncc2Cl)CC1. The molecule has 0 saturated carbocycles. The first kappa shape index (κ1) is 17.7. The highest BCUT2D eigenvalue weighted by molar-refractivity contribution is 6.33. The molecule has 0 aliphatic carbocycles. The van der Waals surface area contributed by atoms with Gasteiger partial charge in [-0.25, -0.2) is 4.98 Å². The maximum atomic E-state index is 12.6. The molecule has 0 aromatic carbocycles. The second-order valence-electron chi connectivity index (χ2n) is 6.02. The van der Waals surface area contributed by atoms with Crippen LogP contribution in [0.3, 0.4) is 0 Å². The molecule has 3 rings (SSSR count). The molecule has 0 bridgehead atoms. The minimum atomic E-state index is -4.60.